The lowest BCUT2D eigenvalue weighted by Crippen LogP contribution is -2.53. The third-order valence-electron chi connectivity index (χ3n) is 4.74. The monoisotopic (exact) mass is 591 g/mol. The van der Waals surface area contributed by atoms with E-state index < -0.39 is 11.8 Å². The lowest BCUT2D eigenvalue weighted by molar-refractivity contribution is -0.128. The number of amides is 3. The van der Waals surface area contributed by atoms with E-state index in [-0.39, 0.29) is 29.7 Å². The van der Waals surface area contributed by atoms with Gasteiger partial charge in [0.25, 0.3) is 17.7 Å². The number of halogens is 1. The molecule has 8 nitrogen and oxygen atoms in total. The largest absolute Gasteiger partial charge is 0.493 e. The van der Waals surface area contributed by atoms with Crippen LogP contribution in [0.5, 0.6) is 11.5 Å². The number of nitrogens with zero attached hydrogens (tertiary/aromatic N) is 1. The molecule has 0 radical (unpaired) electrons. The predicted octanol–water partition coefficient (Wildman–Crippen LogP) is 3.44. The Labute approximate surface area is 216 Å². The number of carbonyl (C=O) groups is 3. The molecular formula is C24H22IN3O5S. The summed E-state index contributed by atoms with van der Waals surface area (Å²) >= 11 is 7.10. The number of hydrogen-bond acceptors (Lipinski definition) is 6. The minimum atomic E-state index is -0.586. The van der Waals surface area contributed by atoms with Crippen LogP contribution in [0.15, 0.2) is 54.6 Å². The van der Waals surface area contributed by atoms with Crippen LogP contribution in [-0.4, -0.2) is 48.0 Å². The van der Waals surface area contributed by atoms with Crippen molar-refractivity contribution in [2.45, 2.75) is 6.92 Å². The van der Waals surface area contributed by atoms with Crippen LogP contribution in [0.4, 0.5) is 5.69 Å². The molecule has 2 aromatic rings. The van der Waals surface area contributed by atoms with Gasteiger partial charge >= 0.3 is 0 Å². The molecule has 1 aliphatic rings. The number of methoxy groups -OCH3 is 1. The van der Waals surface area contributed by atoms with Gasteiger partial charge in [0.1, 0.15) is 5.57 Å². The molecule has 2 aromatic carbocycles. The fraction of sp³-hybridized carbons (Fsp3) is 0.167. The number of carbonyl (C=O) groups excluding carboxylic acids is 3. The van der Waals surface area contributed by atoms with E-state index in [1.165, 1.54) is 24.2 Å². The average Bonchev–Trinajstić information content (AvgIpc) is 2.80. The standard InChI is InChI=1S/C24H22IN3O5S/c1-4-9-28-23(31)17(22(30)27-24(28)34)10-15-11-18(25)21(19(12-15)32-3)33-13-20(29)26-16-7-5-14(2)6-8-16/h4-8,10-12H,1,9,13H2,2-3H3,(H,26,29)(H,27,30,34)/b17-10+. The molecule has 0 aromatic heterocycles. The van der Waals surface area contributed by atoms with Crippen molar-refractivity contribution < 1.29 is 23.9 Å². The molecule has 2 N–H and O–H groups in total. The summed E-state index contributed by atoms with van der Waals surface area (Å²) in [4.78, 5) is 38.7. The summed E-state index contributed by atoms with van der Waals surface area (Å²) in [5.41, 5.74) is 2.23. The number of thiocarbonyl (C=S) groups is 1. The molecule has 1 heterocycles. The number of hydrogen-bond donors (Lipinski definition) is 2. The van der Waals surface area contributed by atoms with Gasteiger partial charge in [0.2, 0.25) is 0 Å². The number of aryl methyl sites for hydroxylation is 1. The second kappa shape index (κ2) is 11.3. The van der Waals surface area contributed by atoms with Gasteiger partial charge < -0.3 is 14.8 Å². The molecule has 0 aliphatic carbocycles. The second-order valence-electron chi connectivity index (χ2n) is 7.26. The minimum absolute atomic E-state index is 0.0341. The summed E-state index contributed by atoms with van der Waals surface area (Å²) in [6.45, 7) is 5.52. The molecule has 176 valence electrons. The molecule has 0 bridgehead atoms. The maximum Gasteiger partial charge on any atom is 0.265 e. The first-order valence-corrected chi connectivity index (χ1v) is 11.6. The van der Waals surface area contributed by atoms with Crippen molar-refractivity contribution in [3.63, 3.8) is 0 Å². The summed E-state index contributed by atoms with van der Waals surface area (Å²) in [5.74, 6) is -0.703. The molecule has 0 saturated carbocycles. The van der Waals surface area contributed by atoms with Crippen LogP contribution in [-0.2, 0) is 14.4 Å². The number of anilines is 1. The third kappa shape index (κ3) is 6.00. The Bertz CT molecular complexity index is 1190. The van der Waals surface area contributed by atoms with E-state index >= 15 is 0 Å². The Hall–Kier alpha value is -3.25. The van der Waals surface area contributed by atoms with Crippen molar-refractivity contribution in [1.82, 2.24) is 10.2 Å². The Morgan fingerprint density at radius 1 is 1.26 bits per heavy atom. The van der Waals surface area contributed by atoms with Crippen LogP contribution in [0.1, 0.15) is 11.1 Å². The van der Waals surface area contributed by atoms with Gasteiger partial charge in [-0.05, 0) is 77.6 Å². The fourth-order valence-corrected chi connectivity index (χ4v) is 4.12. The molecule has 1 saturated heterocycles. The van der Waals surface area contributed by atoms with Crippen molar-refractivity contribution in [1.29, 1.82) is 0 Å². The summed E-state index contributed by atoms with van der Waals surface area (Å²) in [5, 5.41) is 5.31. The smallest absolute Gasteiger partial charge is 0.265 e. The summed E-state index contributed by atoms with van der Waals surface area (Å²) < 4.78 is 11.8. The van der Waals surface area contributed by atoms with Crippen LogP contribution in [0.3, 0.4) is 0 Å². The van der Waals surface area contributed by atoms with Gasteiger partial charge in [0.15, 0.2) is 23.2 Å². The van der Waals surface area contributed by atoms with Crippen LogP contribution >= 0.6 is 34.8 Å². The molecule has 0 spiro atoms. The topological polar surface area (TPSA) is 97.0 Å². The molecule has 0 atom stereocenters. The van der Waals surface area contributed by atoms with Gasteiger partial charge in [0, 0.05) is 12.2 Å². The zero-order valence-electron chi connectivity index (χ0n) is 18.5. The Morgan fingerprint density at radius 3 is 2.62 bits per heavy atom. The average molecular weight is 591 g/mol. The van der Waals surface area contributed by atoms with Crippen molar-refractivity contribution >= 4 is 69.4 Å². The van der Waals surface area contributed by atoms with Gasteiger partial charge in [-0.15, -0.1) is 6.58 Å². The quantitative estimate of drug-likeness (QED) is 0.161. The third-order valence-corrected chi connectivity index (χ3v) is 5.87. The molecule has 10 heteroatoms. The number of rotatable bonds is 8. The van der Waals surface area contributed by atoms with E-state index in [1.54, 1.807) is 12.1 Å². The SMILES string of the molecule is C=CCN1C(=O)/C(=C/c2cc(I)c(OCC(=O)Nc3ccc(C)cc3)c(OC)c2)C(=O)NC1=S. The van der Waals surface area contributed by atoms with Gasteiger partial charge in [0.05, 0.1) is 10.7 Å². The van der Waals surface area contributed by atoms with Crippen molar-refractivity contribution in [2.24, 2.45) is 0 Å². The van der Waals surface area contributed by atoms with E-state index in [0.29, 0.717) is 26.3 Å². The summed E-state index contributed by atoms with van der Waals surface area (Å²) in [6.07, 6.45) is 2.97. The Morgan fingerprint density at radius 2 is 1.97 bits per heavy atom. The van der Waals surface area contributed by atoms with Crippen LogP contribution in [0.25, 0.3) is 6.08 Å². The molecular weight excluding hydrogens is 569 g/mol. The summed E-state index contributed by atoms with van der Waals surface area (Å²) in [6, 6.07) is 10.8. The molecule has 3 rings (SSSR count). The number of ether oxygens (including phenoxy) is 2. The fourth-order valence-electron chi connectivity index (χ4n) is 3.09. The Kier molecular flexibility index (Phi) is 8.40. The first-order valence-electron chi connectivity index (χ1n) is 10.1. The highest BCUT2D eigenvalue weighted by Gasteiger charge is 2.32. The first-order chi connectivity index (χ1) is 16.2. The lowest BCUT2D eigenvalue weighted by atomic mass is 10.1. The molecule has 34 heavy (non-hydrogen) atoms. The van der Waals surface area contributed by atoms with E-state index in [4.69, 9.17) is 21.7 Å². The molecule has 1 aliphatic heterocycles. The highest BCUT2D eigenvalue weighted by atomic mass is 127. The van der Waals surface area contributed by atoms with Gasteiger partial charge in [-0.1, -0.05) is 23.8 Å². The lowest BCUT2D eigenvalue weighted by Gasteiger charge is -2.27. The second-order valence-corrected chi connectivity index (χ2v) is 8.81. The zero-order chi connectivity index (χ0) is 24.8. The first kappa shape index (κ1) is 25.4. The highest BCUT2D eigenvalue weighted by molar-refractivity contribution is 14.1. The maximum absolute atomic E-state index is 12.8. The molecule has 0 unspecified atom stereocenters. The van der Waals surface area contributed by atoms with Crippen molar-refractivity contribution in [3.05, 3.63) is 69.3 Å². The van der Waals surface area contributed by atoms with Crippen LogP contribution < -0.4 is 20.1 Å². The van der Waals surface area contributed by atoms with Crippen molar-refractivity contribution in [2.75, 3.05) is 25.6 Å². The highest BCUT2D eigenvalue weighted by Crippen LogP contribution is 2.35. The number of benzene rings is 2. The van der Waals surface area contributed by atoms with E-state index in [9.17, 15) is 14.4 Å². The maximum atomic E-state index is 12.8. The Balaban J connectivity index is 1.78. The van der Waals surface area contributed by atoms with Gasteiger partial charge in [-0.2, -0.15) is 0 Å². The van der Waals surface area contributed by atoms with Crippen molar-refractivity contribution in [3.8, 4) is 11.5 Å². The van der Waals surface area contributed by atoms with Gasteiger partial charge in [-0.3, -0.25) is 24.6 Å². The normalized spacial score (nSPS) is 14.6. The van der Waals surface area contributed by atoms with E-state index in [0.717, 1.165) is 5.56 Å². The van der Waals surface area contributed by atoms with Crippen LogP contribution in [0, 0.1) is 10.5 Å². The van der Waals surface area contributed by atoms with E-state index in [1.807, 2.05) is 53.8 Å². The zero-order valence-corrected chi connectivity index (χ0v) is 21.5. The summed E-state index contributed by atoms with van der Waals surface area (Å²) in [7, 11) is 1.46. The minimum Gasteiger partial charge on any atom is -0.493 e. The molecule has 1 fully saturated rings. The predicted molar refractivity (Wildman–Crippen MR) is 142 cm³/mol. The number of nitrogens with one attached hydrogen (secondary N) is 2. The van der Waals surface area contributed by atoms with Crippen LogP contribution in [0.2, 0.25) is 0 Å². The van der Waals surface area contributed by atoms with Gasteiger partial charge in [-0.25, -0.2) is 0 Å². The van der Waals surface area contributed by atoms with E-state index in [2.05, 4.69) is 17.2 Å². The molecule has 3 amide bonds.